The van der Waals surface area contributed by atoms with Crippen molar-refractivity contribution < 1.29 is 0 Å². The zero-order valence-corrected chi connectivity index (χ0v) is 7.46. The van der Waals surface area contributed by atoms with Gasteiger partial charge in [-0.3, -0.25) is 0 Å². The summed E-state index contributed by atoms with van der Waals surface area (Å²) in [5.74, 6) is 0.383. The Morgan fingerprint density at radius 3 is 2.18 bits per heavy atom. The monoisotopic (exact) mass is 155 g/mol. The summed E-state index contributed by atoms with van der Waals surface area (Å²) < 4.78 is 0. The molecule has 3 heteroatoms. The Morgan fingerprint density at radius 1 is 1.55 bits per heavy atom. The van der Waals surface area contributed by atoms with Crippen LogP contribution >= 0.6 is 0 Å². The second-order valence-corrected chi connectivity index (χ2v) is 3.03. The molecule has 64 valence electrons. The highest BCUT2D eigenvalue weighted by Crippen LogP contribution is 2.10. The van der Waals surface area contributed by atoms with Crippen LogP contribution < -0.4 is 11.1 Å². The minimum absolute atomic E-state index is 0.0694. The highest BCUT2D eigenvalue weighted by atomic mass is 14.9. The molecule has 0 aliphatic heterocycles. The standard InChI is InChI=1S/C8H17N3/c1-6(2)8(11-3)7(4-9)5-10/h6-8,11H,4,9H2,1-3H3/t7-,8+/m0/s1. The summed E-state index contributed by atoms with van der Waals surface area (Å²) in [6, 6.07) is 2.41. The molecule has 0 aliphatic carbocycles. The molecule has 0 unspecified atom stereocenters. The fourth-order valence-corrected chi connectivity index (χ4v) is 1.28. The largest absolute Gasteiger partial charge is 0.329 e. The second kappa shape index (κ2) is 5.11. The molecule has 2 atom stereocenters. The molecule has 0 fully saturated rings. The quantitative estimate of drug-likeness (QED) is 0.615. The van der Waals surface area contributed by atoms with Gasteiger partial charge in [0.25, 0.3) is 0 Å². The van der Waals surface area contributed by atoms with Gasteiger partial charge in [-0.15, -0.1) is 0 Å². The third-order valence-corrected chi connectivity index (χ3v) is 1.90. The van der Waals surface area contributed by atoms with Crippen molar-refractivity contribution in [3.63, 3.8) is 0 Å². The summed E-state index contributed by atoms with van der Waals surface area (Å²) in [5.41, 5.74) is 5.44. The lowest BCUT2D eigenvalue weighted by molar-refractivity contribution is 0.352. The van der Waals surface area contributed by atoms with E-state index in [9.17, 15) is 0 Å². The molecule has 0 saturated carbocycles. The van der Waals surface area contributed by atoms with E-state index in [1.807, 2.05) is 7.05 Å². The van der Waals surface area contributed by atoms with E-state index in [-0.39, 0.29) is 12.0 Å². The topological polar surface area (TPSA) is 61.8 Å². The Balaban J connectivity index is 4.12. The van der Waals surface area contributed by atoms with Crippen molar-refractivity contribution in [2.24, 2.45) is 17.6 Å². The molecule has 0 aromatic heterocycles. The van der Waals surface area contributed by atoms with Gasteiger partial charge in [-0.2, -0.15) is 5.26 Å². The van der Waals surface area contributed by atoms with Gasteiger partial charge in [-0.25, -0.2) is 0 Å². The van der Waals surface area contributed by atoms with Crippen LogP contribution in [0.15, 0.2) is 0 Å². The Labute approximate surface area is 68.6 Å². The van der Waals surface area contributed by atoms with Gasteiger partial charge in [0.05, 0.1) is 12.0 Å². The van der Waals surface area contributed by atoms with Crippen molar-refractivity contribution in [2.45, 2.75) is 19.9 Å². The van der Waals surface area contributed by atoms with Gasteiger partial charge in [0.2, 0.25) is 0 Å². The van der Waals surface area contributed by atoms with Crippen LogP contribution in [0.25, 0.3) is 0 Å². The fraction of sp³-hybridized carbons (Fsp3) is 0.875. The lowest BCUT2D eigenvalue weighted by Gasteiger charge is -2.23. The normalized spacial score (nSPS) is 16.0. The number of hydrogen-bond donors (Lipinski definition) is 2. The lowest BCUT2D eigenvalue weighted by atomic mass is 9.92. The first-order valence-electron chi connectivity index (χ1n) is 3.94. The van der Waals surface area contributed by atoms with Crippen LogP contribution in [0.4, 0.5) is 0 Å². The Morgan fingerprint density at radius 2 is 2.09 bits per heavy atom. The summed E-state index contributed by atoms with van der Waals surface area (Å²) in [5, 5.41) is 11.8. The van der Waals surface area contributed by atoms with E-state index < -0.39 is 0 Å². The third-order valence-electron chi connectivity index (χ3n) is 1.90. The van der Waals surface area contributed by atoms with Crippen molar-refractivity contribution in [2.75, 3.05) is 13.6 Å². The molecule has 0 spiro atoms. The zero-order valence-electron chi connectivity index (χ0n) is 7.46. The molecule has 0 rings (SSSR count). The number of rotatable bonds is 4. The maximum atomic E-state index is 8.71. The van der Waals surface area contributed by atoms with Crippen molar-refractivity contribution in [1.29, 1.82) is 5.26 Å². The molecule has 0 amide bonds. The van der Waals surface area contributed by atoms with E-state index in [1.165, 1.54) is 0 Å². The first-order valence-corrected chi connectivity index (χ1v) is 3.94. The van der Waals surface area contributed by atoms with Gasteiger partial charge in [0.15, 0.2) is 0 Å². The summed E-state index contributed by atoms with van der Waals surface area (Å²) in [6.45, 7) is 4.60. The first-order chi connectivity index (χ1) is 5.17. The molecule has 0 saturated heterocycles. The van der Waals surface area contributed by atoms with Crippen LogP contribution in [0, 0.1) is 23.2 Å². The predicted octanol–water partition coefficient (Wildman–Crippen LogP) is 0.329. The van der Waals surface area contributed by atoms with Crippen molar-refractivity contribution in [3.05, 3.63) is 0 Å². The number of nitrogens with one attached hydrogen (secondary N) is 1. The van der Waals surface area contributed by atoms with Gasteiger partial charge in [0.1, 0.15) is 0 Å². The van der Waals surface area contributed by atoms with E-state index >= 15 is 0 Å². The Kier molecular flexibility index (Phi) is 4.84. The van der Waals surface area contributed by atoms with Crippen molar-refractivity contribution >= 4 is 0 Å². The molecule has 0 heterocycles. The second-order valence-electron chi connectivity index (χ2n) is 3.03. The van der Waals surface area contributed by atoms with E-state index in [0.29, 0.717) is 12.5 Å². The zero-order chi connectivity index (χ0) is 8.85. The van der Waals surface area contributed by atoms with Crippen LogP contribution in [0.2, 0.25) is 0 Å². The van der Waals surface area contributed by atoms with Crippen LogP contribution in [0.1, 0.15) is 13.8 Å². The van der Waals surface area contributed by atoms with Crippen LogP contribution in [-0.2, 0) is 0 Å². The molecule has 3 N–H and O–H groups in total. The average Bonchev–Trinajstić information content (AvgIpc) is 1.99. The molecular formula is C8H17N3. The minimum Gasteiger partial charge on any atom is -0.329 e. The summed E-state index contributed by atoms with van der Waals surface area (Å²) in [7, 11) is 1.87. The van der Waals surface area contributed by atoms with Gasteiger partial charge < -0.3 is 11.1 Å². The molecule has 0 aliphatic rings. The summed E-state index contributed by atoms with van der Waals surface area (Å²) in [6.07, 6.45) is 0. The van der Waals surface area contributed by atoms with Gasteiger partial charge >= 0.3 is 0 Å². The van der Waals surface area contributed by atoms with Crippen molar-refractivity contribution in [3.8, 4) is 6.07 Å². The van der Waals surface area contributed by atoms with Crippen LogP contribution in [0.5, 0.6) is 0 Å². The van der Waals surface area contributed by atoms with Gasteiger partial charge in [-0.05, 0) is 13.0 Å². The fourth-order valence-electron chi connectivity index (χ4n) is 1.28. The molecule has 0 aromatic rings. The number of hydrogen-bond acceptors (Lipinski definition) is 3. The minimum atomic E-state index is -0.0694. The molecule has 0 bridgehead atoms. The number of nitrogens with zero attached hydrogens (tertiary/aromatic N) is 1. The van der Waals surface area contributed by atoms with Crippen LogP contribution in [0.3, 0.4) is 0 Å². The van der Waals surface area contributed by atoms with E-state index in [2.05, 4.69) is 25.2 Å². The van der Waals surface area contributed by atoms with E-state index in [4.69, 9.17) is 11.0 Å². The lowest BCUT2D eigenvalue weighted by Crippen LogP contribution is -2.40. The Hall–Kier alpha value is -0.590. The van der Waals surface area contributed by atoms with E-state index in [0.717, 1.165) is 0 Å². The van der Waals surface area contributed by atoms with Crippen LogP contribution in [-0.4, -0.2) is 19.6 Å². The third kappa shape index (κ3) is 2.87. The van der Waals surface area contributed by atoms with E-state index in [1.54, 1.807) is 0 Å². The molecule has 0 radical (unpaired) electrons. The average molecular weight is 155 g/mol. The highest BCUT2D eigenvalue weighted by molar-refractivity contribution is 4.93. The van der Waals surface area contributed by atoms with Gasteiger partial charge in [0, 0.05) is 12.6 Å². The Bertz CT molecular complexity index is 137. The molecular weight excluding hydrogens is 138 g/mol. The molecule has 11 heavy (non-hydrogen) atoms. The summed E-state index contributed by atoms with van der Waals surface area (Å²) in [4.78, 5) is 0. The van der Waals surface area contributed by atoms with Crippen molar-refractivity contribution in [1.82, 2.24) is 5.32 Å². The molecule has 0 aromatic carbocycles. The molecule has 3 nitrogen and oxygen atoms in total. The highest BCUT2D eigenvalue weighted by Gasteiger charge is 2.20. The number of nitrogens with two attached hydrogens (primary N) is 1. The maximum Gasteiger partial charge on any atom is 0.0741 e. The maximum absolute atomic E-state index is 8.71. The van der Waals surface area contributed by atoms with Gasteiger partial charge in [-0.1, -0.05) is 13.8 Å². The smallest absolute Gasteiger partial charge is 0.0741 e. The summed E-state index contributed by atoms with van der Waals surface area (Å²) >= 11 is 0. The SMILES string of the molecule is CN[C@H](C(C)C)[C@H](C#N)CN. The number of nitriles is 1. The predicted molar refractivity (Wildman–Crippen MR) is 45.8 cm³/mol. The first kappa shape index (κ1) is 10.4.